The molecule has 1 N–H and O–H groups in total. The Morgan fingerprint density at radius 1 is 1.16 bits per heavy atom. The van der Waals surface area contributed by atoms with E-state index in [1.165, 1.54) is 17.7 Å². The third-order valence-corrected chi connectivity index (χ3v) is 3.06. The molecule has 19 heavy (non-hydrogen) atoms. The van der Waals surface area contributed by atoms with Crippen LogP contribution in [0.3, 0.4) is 0 Å². The first-order valence-electron chi connectivity index (χ1n) is 6.26. The van der Waals surface area contributed by atoms with Crippen LogP contribution in [-0.4, -0.2) is 5.91 Å². The van der Waals surface area contributed by atoms with Gasteiger partial charge in [-0.3, -0.25) is 4.79 Å². The molecule has 0 aliphatic rings. The molecule has 0 aromatic heterocycles. The predicted octanol–water partition coefficient (Wildman–Crippen LogP) is 3.95. The van der Waals surface area contributed by atoms with Crippen LogP contribution in [0.1, 0.15) is 28.4 Å². The number of benzene rings is 2. The van der Waals surface area contributed by atoms with E-state index in [-0.39, 0.29) is 11.7 Å². The van der Waals surface area contributed by atoms with E-state index in [0.29, 0.717) is 16.8 Å². The Bertz CT molecular complexity index is 590. The van der Waals surface area contributed by atoms with Crippen LogP contribution in [0, 0.1) is 12.7 Å². The van der Waals surface area contributed by atoms with E-state index < -0.39 is 0 Å². The first kappa shape index (κ1) is 13.3. The van der Waals surface area contributed by atoms with E-state index >= 15 is 0 Å². The van der Waals surface area contributed by atoms with Gasteiger partial charge in [-0.1, -0.05) is 19.1 Å². The van der Waals surface area contributed by atoms with Gasteiger partial charge in [0.2, 0.25) is 0 Å². The minimum absolute atomic E-state index is 0.183. The molecule has 0 spiro atoms. The number of nitrogens with one attached hydrogen (secondary N) is 1. The largest absolute Gasteiger partial charge is 0.322 e. The molecule has 0 saturated carbocycles. The molecule has 1 amide bonds. The van der Waals surface area contributed by atoms with Gasteiger partial charge in [-0.25, -0.2) is 4.39 Å². The van der Waals surface area contributed by atoms with Crippen LogP contribution >= 0.6 is 0 Å². The summed E-state index contributed by atoms with van der Waals surface area (Å²) in [4.78, 5) is 12.0. The standard InChI is InChI=1S/C16H16FNO/c1-3-12-4-6-13(7-5-12)16(19)18-15-9-8-14(17)10-11(15)2/h4-10H,3H2,1-2H3,(H,18,19). The average Bonchev–Trinajstić information content (AvgIpc) is 2.42. The molecule has 2 aromatic carbocycles. The molecular formula is C16H16FNO. The topological polar surface area (TPSA) is 29.1 Å². The van der Waals surface area contributed by atoms with Gasteiger partial charge in [0, 0.05) is 11.3 Å². The summed E-state index contributed by atoms with van der Waals surface area (Å²) in [5, 5.41) is 2.79. The van der Waals surface area contributed by atoms with Crippen LogP contribution in [0.25, 0.3) is 0 Å². The van der Waals surface area contributed by atoms with Gasteiger partial charge in [0.1, 0.15) is 5.82 Å². The number of halogens is 1. The molecule has 0 radical (unpaired) electrons. The summed E-state index contributed by atoms with van der Waals surface area (Å²) in [5.74, 6) is -0.486. The lowest BCUT2D eigenvalue weighted by Crippen LogP contribution is -2.12. The SMILES string of the molecule is CCc1ccc(C(=O)Nc2ccc(F)cc2C)cc1. The fraction of sp³-hybridized carbons (Fsp3) is 0.188. The number of aryl methyl sites for hydroxylation is 2. The van der Waals surface area contributed by atoms with E-state index in [1.54, 1.807) is 25.1 Å². The van der Waals surface area contributed by atoms with Crippen molar-refractivity contribution in [3.05, 3.63) is 65.0 Å². The van der Waals surface area contributed by atoms with Crippen LogP contribution < -0.4 is 5.32 Å². The molecule has 0 heterocycles. The third-order valence-electron chi connectivity index (χ3n) is 3.06. The van der Waals surface area contributed by atoms with Gasteiger partial charge < -0.3 is 5.32 Å². The van der Waals surface area contributed by atoms with Gasteiger partial charge in [-0.05, 0) is 54.8 Å². The van der Waals surface area contributed by atoms with Crippen molar-refractivity contribution in [1.82, 2.24) is 0 Å². The number of hydrogen-bond acceptors (Lipinski definition) is 1. The second kappa shape index (κ2) is 5.65. The fourth-order valence-corrected chi connectivity index (χ4v) is 1.85. The molecule has 2 rings (SSSR count). The van der Waals surface area contributed by atoms with Gasteiger partial charge in [-0.2, -0.15) is 0 Å². The Balaban J connectivity index is 2.15. The summed E-state index contributed by atoms with van der Waals surface area (Å²) in [6.07, 6.45) is 0.943. The number of hydrogen-bond donors (Lipinski definition) is 1. The van der Waals surface area contributed by atoms with Crippen molar-refractivity contribution in [3.8, 4) is 0 Å². The van der Waals surface area contributed by atoms with Crippen molar-refractivity contribution in [2.24, 2.45) is 0 Å². The first-order valence-corrected chi connectivity index (χ1v) is 6.26. The summed E-state index contributed by atoms with van der Waals surface area (Å²) in [6.45, 7) is 3.83. The van der Waals surface area contributed by atoms with Crippen LogP contribution in [0.5, 0.6) is 0 Å². The lowest BCUT2D eigenvalue weighted by atomic mass is 10.1. The normalized spacial score (nSPS) is 10.3. The van der Waals surface area contributed by atoms with Crippen molar-refractivity contribution in [1.29, 1.82) is 0 Å². The number of carbonyl (C=O) groups is 1. The molecule has 0 fully saturated rings. The van der Waals surface area contributed by atoms with Crippen molar-refractivity contribution in [2.45, 2.75) is 20.3 Å². The van der Waals surface area contributed by atoms with Crippen LogP contribution in [0.4, 0.5) is 10.1 Å². The highest BCUT2D eigenvalue weighted by molar-refractivity contribution is 6.04. The average molecular weight is 257 g/mol. The number of amides is 1. The van der Waals surface area contributed by atoms with Crippen LogP contribution in [0.2, 0.25) is 0 Å². The Morgan fingerprint density at radius 3 is 2.42 bits per heavy atom. The molecule has 0 aliphatic heterocycles. The van der Waals surface area contributed by atoms with E-state index in [9.17, 15) is 9.18 Å². The van der Waals surface area contributed by atoms with Crippen molar-refractivity contribution < 1.29 is 9.18 Å². The van der Waals surface area contributed by atoms with Crippen LogP contribution in [0.15, 0.2) is 42.5 Å². The zero-order valence-corrected chi connectivity index (χ0v) is 11.0. The highest BCUT2D eigenvalue weighted by Crippen LogP contribution is 2.17. The second-order valence-electron chi connectivity index (χ2n) is 4.46. The van der Waals surface area contributed by atoms with Gasteiger partial charge in [-0.15, -0.1) is 0 Å². The Hall–Kier alpha value is -2.16. The van der Waals surface area contributed by atoms with Gasteiger partial charge in [0.15, 0.2) is 0 Å². The maximum atomic E-state index is 13.0. The molecule has 2 aromatic rings. The fourth-order valence-electron chi connectivity index (χ4n) is 1.85. The zero-order valence-electron chi connectivity index (χ0n) is 11.0. The molecular weight excluding hydrogens is 241 g/mol. The Labute approximate surface area is 112 Å². The lowest BCUT2D eigenvalue weighted by molar-refractivity contribution is 0.102. The van der Waals surface area contributed by atoms with E-state index in [4.69, 9.17) is 0 Å². The molecule has 0 bridgehead atoms. The minimum atomic E-state index is -0.303. The Morgan fingerprint density at radius 2 is 1.84 bits per heavy atom. The molecule has 0 aliphatic carbocycles. The maximum absolute atomic E-state index is 13.0. The molecule has 3 heteroatoms. The molecule has 0 atom stereocenters. The number of anilines is 1. The second-order valence-corrected chi connectivity index (χ2v) is 4.46. The minimum Gasteiger partial charge on any atom is -0.322 e. The Kier molecular flexibility index (Phi) is 3.95. The maximum Gasteiger partial charge on any atom is 0.255 e. The molecule has 98 valence electrons. The quantitative estimate of drug-likeness (QED) is 0.886. The lowest BCUT2D eigenvalue weighted by Gasteiger charge is -2.08. The van der Waals surface area contributed by atoms with Gasteiger partial charge >= 0.3 is 0 Å². The zero-order chi connectivity index (χ0) is 13.8. The highest BCUT2D eigenvalue weighted by atomic mass is 19.1. The summed E-state index contributed by atoms with van der Waals surface area (Å²) in [6, 6.07) is 11.8. The van der Waals surface area contributed by atoms with Crippen molar-refractivity contribution in [2.75, 3.05) is 5.32 Å². The molecule has 0 saturated heterocycles. The summed E-state index contributed by atoms with van der Waals surface area (Å²) < 4.78 is 13.0. The van der Waals surface area contributed by atoms with Gasteiger partial charge in [0.25, 0.3) is 5.91 Å². The van der Waals surface area contributed by atoms with Crippen LogP contribution in [-0.2, 0) is 6.42 Å². The van der Waals surface area contributed by atoms with E-state index in [1.807, 2.05) is 12.1 Å². The van der Waals surface area contributed by atoms with E-state index in [2.05, 4.69) is 12.2 Å². The summed E-state index contributed by atoms with van der Waals surface area (Å²) in [5.41, 5.74) is 3.12. The van der Waals surface area contributed by atoms with Crippen molar-refractivity contribution in [3.63, 3.8) is 0 Å². The summed E-state index contributed by atoms with van der Waals surface area (Å²) in [7, 11) is 0. The smallest absolute Gasteiger partial charge is 0.255 e. The predicted molar refractivity (Wildman–Crippen MR) is 74.9 cm³/mol. The van der Waals surface area contributed by atoms with Crippen molar-refractivity contribution >= 4 is 11.6 Å². The molecule has 0 unspecified atom stereocenters. The first-order chi connectivity index (χ1) is 9.10. The summed E-state index contributed by atoms with van der Waals surface area (Å²) >= 11 is 0. The molecule has 2 nitrogen and oxygen atoms in total. The number of carbonyl (C=O) groups excluding carboxylic acids is 1. The number of rotatable bonds is 3. The van der Waals surface area contributed by atoms with E-state index in [0.717, 1.165) is 6.42 Å². The third kappa shape index (κ3) is 3.19. The van der Waals surface area contributed by atoms with Gasteiger partial charge in [0.05, 0.1) is 0 Å². The highest BCUT2D eigenvalue weighted by Gasteiger charge is 2.08. The monoisotopic (exact) mass is 257 g/mol.